The number of amides is 2. The van der Waals surface area contributed by atoms with Gasteiger partial charge in [-0.2, -0.15) is 0 Å². The van der Waals surface area contributed by atoms with Gasteiger partial charge in [0.1, 0.15) is 5.82 Å². The van der Waals surface area contributed by atoms with Gasteiger partial charge in [-0.15, -0.1) is 0 Å². The number of anilines is 2. The smallest absolute Gasteiger partial charge is 0.257 e. The highest BCUT2D eigenvalue weighted by Crippen LogP contribution is 2.32. The van der Waals surface area contributed by atoms with Crippen LogP contribution in [0.3, 0.4) is 0 Å². The SMILES string of the molecule is COc1cc(-c2nc(N3CCC3)c3ccc(NC(=O)c4cc(CNC(=O)C(C)(C)CO)ccc4Cl)cc3n2)ccn1. The molecule has 0 spiro atoms. The summed E-state index contributed by atoms with van der Waals surface area (Å²) in [7, 11) is 1.56. The number of halogens is 1. The average molecular weight is 575 g/mol. The molecule has 3 N–H and O–H groups in total. The van der Waals surface area contributed by atoms with Gasteiger partial charge < -0.3 is 25.4 Å². The number of aliphatic hydroxyl groups excluding tert-OH is 1. The number of nitrogens with one attached hydrogen (secondary N) is 2. The van der Waals surface area contributed by atoms with Crippen LogP contribution in [0.4, 0.5) is 11.5 Å². The standard InChI is InChI=1S/C30H31ClN6O4/c1-30(2,17-38)29(40)33-16-18-5-8-23(31)22(13-18)28(39)34-20-6-7-21-24(15-20)35-26(36-27(21)37-11-4-12-37)19-9-10-32-25(14-19)41-3/h5-10,13-15,38H,4,11-12,16-17H2,1-3H3,(H,33,40)(H,34,39). The van der Waals surface area contributed by atoms with Crippen LogP contribution in [-0.2, 0) is 11.3 Å². The lowest BCUT2D eigenvalue weighted by atomic mass is 9.93. The van der Waals surface area contributed by atoms with E-state index in [9.17, 15) is 14.7 Å². The zero-order chi connectivity index (χ0) is 29.1. The lowest BCUT2D eigenvalue weighted by Crippen LogP contribution is -2.38. The fraction of sp³-hybridized carbons (Fsp3) is 0.300. The number of nitrogens with zero attached hydrogens (tertiary/aromatic N) is 4. The molecule has 0 unspecified atom stereocenters. The van der Waals surface area contributed by atoms with Crippen molar-refractivity contribution >= 4 is 45.8 Å². The van der Waals surface area contributed by atoms with Gasteiger partial charge in [0.15, 0.2) is 5.82 Å². The van der Waals surface area contributed by atoms with Gasteiger partial charge in [0.25, 0.3) is 5.91 Å². The topological polar surface area (TPSA) is 130 Å². The van der Waals surface area contributed by atoms with E-state index in [4.69, 9.17) is 26.3 Å². The Kier molecular flexibility index (Phi) is 8.05. The van der Waals surface area contributed by atoms with Crippen molar-refractivity contribution in [1.82, 2.24) is 20.3 Å². The largest absolute Gasteiger partial charge is 0.481 e. The second-order valence-electron chi connectivity index (χ2n) is 10.5. The van der Waals surface area contributed by atoms with Gasteiger partial charge in [-0.25, -0.2) is 15.0 Å². The number of hydrogen-bond donors (Lipinski definition) is 3. The van der Waals surface area contributed by atoms with E-state index in [0.29, 0.717) is 28.5 Å². The molecule has 2 aromatic heterocycles. The number of carbonyl (C=O) groups is 2. The quantitative estimate of drug-likeness (QED) is 0.267. The molecule has 1 saturated heterocycles. The molecule has 2 aromatic carbocycles. The highest BCUT2D eigenvalue weighted by Gasteiger charge is 2.26. The first-order valence-corrected chi connectivity index (χ1v) is 13.6. The normalized spacial score (nSPS) is 13.0. The molecule has 11 heteroatoms. The summed E-state index contributed by atoms with van der Waals surface area (Å²) in [6, 6.07) is 14.2. The first-order chi connectivity index (χ1) is 19.7. The summed E-state index contributed by atoms with van der Waals surface area (Å²) < 4.78 is 5.28. The summed E-state index contributed by atoms with van der Waals surface area (Å²) in [4.78, 5) is 41.7. The highest BCUT2D eigenvalue weighted by molar-refractivity contribution is 6.34. The summed E-state index contributed by atoms with van der Waals surface area (Å²) in [5, 5.41) is 16.3. The van der Waals surface area contributed by atoms with Gasteiger partial charge in [-0.05, 0) is 62.2 Å². The fourth-order valence-corrected chi connectivity index (χ4v) is 4.50. The number of benzene rings is 2. The number of hydrogen-bond acceptors (Lipinski definition) is 8. The predicted octanol–water partition coefficient (Wildman–Crippen LogP) is 4.45. The van der Waals surface area contributed by atoms with Crippen LogP contribution < -0.4 is 20.3 Å². The molecule has 0 atom stereocenters. The van der Waals surface area contributed by atoms with Crippen molar-refractivity contribution in [3.05, 3.63) is 70.9 Å². The van der Waals surface area contributed by atoms with Crippen molar-refractivity contribution in [2.45, 2.75) is 26.8 Å². The summed E-state index contributed by atoms with van der Waals surface area (Å²) in [5.74, 6) is 1.15. The number of pyridine rings is 1. The Balaban J connectivity index is 1.42. The molecule has 4 aromatic rings. The fourth-order valence-electron chi connectivity index (χ4n) is 4.30. The van der Waals surface area contributed by atoms with Crippen LogP contribution in [0.1, 0.15) is 36.2 Å². The molecular formula is C30H31ClN6O4. The summed E-state index contributed by atoms with van der Waals surface area (Å²) in [5.41, 5.74) is 2.06. The minimum Gasteiger partial charge on any atom is -0.481 e. The maximum Gasteiger partial charge on any atom is 0.257 e. The maximum absolute atomic E-state index is 13.3. The van der Waals surface area contributed by atoms with Crippen LogP contribution in [0.5, 0.6) is 5.88 Å². The molecule has 41 heavy (non-hydrogen) atoms. The Morgan fingerprint density at radius 1 is 1.10 bits per heavy atom. The summed E-state index contributed by atoms with van der Waals surface area (Å²) in [6.45, 7) is 5.05. The van der Waals surface area contributed by atoms with Crippen LogP contribution in [0.2, 0.25) is 5.02 Å². The molecule has 212 valence electrons. The van der Waals surface area contributed by atoms with Crippen molar-refractivity contribution in [3.63, 3.8) is 0 Å². The zero-order valence-corrected chi connectivity index (χ0v) is 23.8. The molecule has 3 heterocycles. The minimum atomic E-state index is -0.912. The van der Waals surface area contributed by atoms with Crippen LogP contribution in [0.15, 0.2) is 54.7 Å². The van der Waals surface area contributed by atoms with Gasteiger partial charge in [0.05, 0.1) is 35.2 Å². The van der Waals surface area contributed by atoms with Crippen LogP contribution in [-0.4, -0.2) is 58.7 Å². The molecule has 0 saturated carbocycles. The summed E-state index contributed by atoms with van der Waals surface area (Å²) in [6.07, 6.45) is 2.75. The number of fused-ring (bicyclic) bond motifs is 1. The molecule has 10 nitrogen and oxygen atoms in total. The van der Waals surface area contributed by atoms with Crippen molar-refractivity contribution in [3.8, 4) is 17.3 Å². The molecule has 2 amide bonds. The van der Waals surface area contributed by atoms with E-state index in [2.05, 4.69) is 20.5 Å². The first-order valence-electron chi connectivity index (χ1n) is 13.2. The van der Waals surface area contributed by atoms with Gasteiger partial charge >= 0.3 is 0 Å². The van der Waals surface area contributed by atoms with Crippen LogP contribution >= 0.6 is 11.6 Å². The van der Waals surface area contributed by atoms with E-state index in [1.807, 2.05) is 24.3 Å². The van der Waals surface area contributed by atoms with E-state index in [1.165, 1.54) is 0 Å². The number of methoxy groups -OCH3 is 1. The van der Waals surface area contributed by atoms with Gasteiger partial charge in [-0.3, -0.25) is 9.59 Å². The third kappa shape index (κ3) is 6.08. The average Bonchev–Trinajstić information content (AvgIpc) is 2.95. The molecular weight excluding hydrogens is 544 g/mol. The third-order valence-electron chi connectivity index (χ3n) is 7.03. The molecule has 0 radical (unpaired) electrons. The number of aliphatic hydroxyl groups is 1. The van der Waals surface area contributed by atoms with Gasteiger partial charge in [-0.1, -0.05) is 17.7 Å². The van der Waals surface area contributed by atoms with Gasteiger partial charge in [0.2, 0.25) is 11.8 Å². The Labute approximate surface area is 242 Å². The Morgan fingerprint density at radius 2 is 1.90 bits per heavy atom. The van der Waals surface area contributed by atoms with Crippen molar-refractivity contribution in [2.75, 3.05) is 37.0 Å². The number of rotatable bonds is 9. The lowest BCUT2D eigenvalue weighted by molar-refractivity contribution is -0.131. The Morgan fingerprint density at radius 3 is 2.61 bits per heavy atom. The third-order valence-corrected chi connectivity index (χ3v) is 7.36. The number of aromatic nitrogens is 3. The monoisotopic (exact) mass is 574 g/mol. The number of carbonyl (C=O) groups excluding carboxylic acids is 2. The molecule has 1 fully saturated rings. The molecule has 1 aliphatic rings. The van der Waals surface area contributed by atoms with E-state index in [1.54, 1.807) is 51.4 Å². The number of ether oxygens (including phenoxy) is 1. The van der Waals surface area contributed by atoms with Crippen molar-refractivity contribution in [2.24, 2.45) is 5.41 Å². The van der Waals surface area contributed by atoms with Gasteiger partial charge in [0, 0.05) is 48.5 Å². The predicted molar refractivity (Wildman–Crippen MR) is 158 cm³/mol. The lowest BCUT2D eigenvalue weighted by Gasteiger charge is -2.33. The van der Waals surface area contributed by atoms with E-state index in [-0.39, 0.29) is 29.6 Å². The zero-order valence-electron chi connectivity index (χ0n) is 23.1. The highest BCUT2D eigenvalue weighted by atomic mass is 35.5. The first kappa shape index (κ1) is 28.3. The Bertz CT molecular complexity index is 1620. The summed E-state index contributed by atoms with van der Waals surface area (Å²) >= 11 is 6.38. The maximum atomic E-state index is 13.3. The van der Waals surface area contributed by atoms with Crippen molar-refractivity contribution < 1.29 is 19.4 Å². The molecule has 0 aliphatic carbocycles. The molecule has 0 bridgehead atoms. The van der Waals surface area contributed by atoms with Crippen LogP contribution in [0.25, 0.3) is 22.3 Å². The minimum absolute atomic E-state index is 0.189. The Hall–Kier alpha value is -4.28. The molecule has 5 rings (SSSR count). The van der Waals surface area contributed by atoms with Crippen LogP contribution in [0, 0.1) is 5.41 Å². The van der Waals surface area contributed by atoms with Crippen molar-refractivity contribution in [1.29, 1.82) is 0 Å². The van der Waals surface area contributed by atoms with E-state index in [0.717, 1.165) is 36.3 Å². The second-order valence-corrected chi connectivity index (χ2v) is 10.9. The molecule has 1 aliphatic heterocycles. The van der Waals surface area contributed by atoms with E-state index >= 15 is 0 Å². The second kappa shape index (κ2) is 11.7. The van der Waals surface area contributed by atoms with E-state index < -0.39 is 11.3 Å².